The van der Waals surface area contributed by atoms with Crippen molar-refractivity contribution >= 4 is 0 Å². The highest BCUT2D eigenvalue weighted by molar-refractivity contribution is 4.79. The molecular formula is C7H15N. The highest BCUT2D eigenvalue weighted by atomic mass is 14.8. The fraction of sp³-hybridized carbons (Fsp3) is 1.00. The lowest BCUT2D eigenvalue weighted by atomic mass is 10.1. The van der Waals surface area contributed by atoms with Gasteiger partial charge in [0.25, 0.3) is 0 Å². The first-order valence-corrected chi connectivity index (χ1v) is 3.49. The Labute approximate surface area is 51.5 Å². The topological polar surface area (TPSA) is 12.0 Å². The summed E-state index contributed by atoms with van der Waals surface area (Å²) in [6, 6.07) is 0. The summed E-state index contributed by atoms with van der Waals surface area (Å²) < 4.78 is 0. The van der Waals surface area contributed by atoms with E-state index in [4.69, 9.17) is 0 Å². The number of hydrogen-bond acceptors (Lipinski definition) is 1. The third kappa shape index (κ3) is 1.48. The Morgan fingerprint density at radius 3 is 2.62 bits per heavy atom. The predicted molar refractivity (Wildman–Crippen MR) is 35.8 cm³/mol. The minimum absolute atomic E-state index is 0.917. The Morgan fingerprint density at radius 1 is 1.62 bits per heavy atom. The van der Waals surface area contributed by atoms with Crippen molar-refractivity contribution in [3.63, 3.8) is 0 Å². The van der Waals surface area contributed by atoms with Crippen LogP contribution in [0.4, 0.5) is 0 Å². The summed E-state index contributed by atoms with van der Waals surface area (Å²) in [5.41, 5.74) is 0. The molecule has 0 aromatic heterocycles. The van der Waals surface area contributed by atoms with Crippen LogP contribution in [-0.4, -0.2) is 13.6 Å². The molecule has 1 N–H and O–H groups in total. The van der Waals surface area contributed by atoms with Crippen molar-refractivity contribution in [2.45, 2.75) is 19.8 Å². The van der Waals surface area contributed by atoms with Crippen LogP contribution in [-0.2, 0) is 0 Å². The molecule has 0 spiro atoms. The van der Waals surface area contributed by atoms with Crippen LogP contribution in [0.2, 0.25) is 0 Å². The standard InChI is InChI=1S/C7H15N/c1-6(5-8-2)7-3-4-7/h6-8H,3-5H2,1-2H3. The van der Waals surface area contributed by atoms with Crippen LogP contribution in [0.5, 0.6) is 0 Å². The molecular weight excluding hydrogens is 98.1 g/mol. The van der Waals surface area contributed by atoms with Gasteiger partial charge in [-0.25, -0.2) is 0 Å². The Balaban J connectivity index is 2.03. The number of hydrogen-bond donors (Lipinski definition) is 1. The second-order valence-corrected chi connectivity index (χ2v) is 2.87. The zero-order valence-corrected chi connectivity index (χ0v) is 5.78. The van der Waals surface area contributed by atoms with E-state index in [0.29, 0.717) is 0 Å². The Hall–Kier alpha value is -0.0400. The molecule has 1 unspecified atom stereocenters. The fourth-order valence-electron chi connectivity index (χ4n) is 1.15. The van der Waals surface area contributed by atoms with E-state index < -0.39 is 0 Å². The first kappa shape index (κ1) is 6.09. The van der Waals surface area contributed by atoms with Crippen molar-refractivity contribution < 1.29 is 0 Å². The lowest BCUT2D eigenvalue weighted by molar-refractivity contribution is 0.483. The van der Waals surface area contributed by atoms with Crippen LogP contribution in [0.15, 0.2) is 0 Å². The molecule has 1 rings (SSSR count). The summed E-state index contributed by atoms with van der Waals surface area (Å²) >= 11 is 0. The summed E-state index contributed by atoms with van der Waals surface area (Å²) in [7, 11) is 2.03. The minimum Gasteiger partial charge on any atom is -0.319 e. The van der Waals surface area contributed by atoms with Crippen molar-refractivity contribution in [3.8, 4) is 0 Å². The maximum Gasteiger partial charge on any atom is -0.00235 e. The van der Waals surface area contributed by atoms with Crippen LogP contribution in [0, 0.1) is 11.8 Å². The molecule has 0 amide bonds. The van der Waals surface area contributed by atoms with E-state index in [9.17, 15) is 0 Å². The highest BCUT2D eigenvalue weighted by Crippen LogP contribution is 2.35. The molecule has 8 heavy (non-hydrogen) atoms. The van der Waals surface area contributed by atoms with Crippen LogP contribution < -0.4 is 5.32 Å². The monoisotopic (exact) mass is 113 g/mol. The highest BCUT2D eigenvalue weighted by Gasteiger charge is 2.26. The average Bonchev–Trinajstić information content (AvgIpc) is 2.45. The van der Waals surface area contributed by atoms with Crippen molar-refractivity contribution in [1.82, 2.24) is 5.32 Å². The fourth-order valence-corrected chi connectivity index (χ4v) is 1.15. The molecule has 1 atom stereocenters. The Kier molecular flexibility index (Phi) is 1.90. The number of rotatable bonds is 3. The lowest BCUT2D eigenvalue weighted by Crippen LogP contribution is -2.17. The summed E-state index contributed by atoms with van der Waals surface area (Å²) in [6.45, 7) is 3.53. The molecule has 1 nitrogen and oxygen atoms in total. The molecule has 48 valence electrons. The van der Waals surface area contributed by atoms with E-state index in [1.807, 2.05) is 7.05 Å². The third-order valence-electron chi connectivity index (χ3n) is 1.95. The van der Waals surface area contributed by atoms with Gasteiger partial charge in [0.1, 0.15) is 0 Å². The van der Waals surface area contributed by atoms with Gasteiger partial charge in [-0.3, -0.25) is 0 Å². The molecule has 1 saturated carbocycles. The van der Waals surface area contributed by atoms with Crippen LogP contribution in [0.3, 0.4) is 0 Å². The van der Waals surface area contributed by atoms with Crippen molar-refractivity contribution in [1.29, 1.82) is 0 Å². The molecule has 1 aliphatic carbocycles. The zero-order chi connectivity index (χ0) is 5.98. The van der Waals surface area contributed by atoms with E-state index in [1.165, 1.54) is 19.4 Å². The number of nitrogens with one attached hydrogen (secondary N) is 1. The smallest absolute Gasteiger partial charge is 0.00235 e. The van der Waals surface area contributed by atoms with Gasteiger partial charge in [0, 0.05) is 0 Å². The van der Waals surface area contributed by atoms with Gasteiger partial charge in [-0.2, -0.15) is 0 Å². The first-order chi connectivity index (χ1) is 3.84. The molecule has 1 heteroatoms. The van der Waals surface area contributed by atoms with E-state index in [2.05, 4.69) is 12.2 Å². The Morgan fingerprint density at radius 2 is 2.25 bits per heavy atom. The van der Waals surface area contributed by atoms with E-state index in [0.717, 1.165) is 11.8 Å². The van der Waals surface area contributed by atoms with Crippen LogP contribution >= 0.6 is 0 Å². The minimum atomic E-state index is 0.917. The van der Waals surface area contributed by atoms with Gasteiger partial charge in [-0.15, -0.1) is 0 Å². The SMILES string of the molecule is CNCC(C)C1CC1. The van der Waals surface area contributed by atoms with Gasteiger partial charge in [0.15, 0.2) is 0 Å². The quantitative estimate of drug-likeness (QED) is 0.581. The first-order valence-electron chi connectivity index (χ1n) is 3.49. The van der Waals surface area contributed by atoms with Gasteiger partial charge < -0.3 is 5.32 Å². The molecule has 0 aromatic rings. The zero-order valence-electron chi connectivity index (χ0n) is 5.78. The molecule has 0 aromatic carbocycles. The average molecular weight is 113 g/mol. The van der Waals surface area contributed by atoms with Gasteiger partial charge in [-0.1, -0.05) is 6.92 Å². The maximum absolute atomic E-state index is 3.19. The van der Waals surface area contributed by atoms with E-state index in [-0.39, 0.29) is 0 Å². The van der Waals surface area contributed by atoms with E-state index >= 15 is 0 Å². The molecule has 0 heterocycles. The molecule has 1 aliphatic rings. The lowest BCUT2D eigenvalue weighted by Gasteiger charge is -2.06. The van der Waals surface area contributed by atoms with Gasteiger partial charge in [0.2, 0.25) is 0 Å². The molecule has 0 radical (unpaired) electrons. The molecule has 1 fully saturated rings. The van der Waals surface area contributed by atoms with Crippen molar-refractivity contribution in [3.05, 3.63) is 0 Å². The maximum atomic E-state index is 3.19. The second kappa shape index (κ2) is 2.49. The largest absolute Gasteiger partial charge is 0.319 e. The summed E-state index contributed by atoms with van der Waals surface area (Å²) in [5.74, 6) is 1.97. The second-order valence-electron chi connectivity index (χ2n) is 2.87. The molecule has 0 saturated heterocycles. The van der Waals surface area contributed by atoms with Crippen LogP contribution in [0.1, 0.15) is 19.8 Å². The van der Waals surface area contributed by atoms with Gasteiger partial charge in [-0.05, 0) is 38.3 Å². The molecule has 0 bridgehead atoms. The van der Waals surface area contributed by atoms with E-state index in [1.54, 1.807) is 0 Å². The summed E-state index contributed by atoms with van der Waals surface area (Å²) in [4.78, 5) is 0. The summed E-state index contributed by atoms with van der Waals surface area (Å²) in [6.07, 6.45) is 2.95. The van der Waals surface area contributed by atoms with Crippen molar-refractivity contribution in [2.24, 2.45) is 11.8 Å². The normalized spacial score (nSPS) is 23.2. The predicted octanol–water partition coefficient (Wildman–Crippen LogP) is 1.25. The third-order valence-corrected chi connectivity index (χ3v) is 1.95. The van der Waals surface area contributed by atoms with Crippen molar-refractivity contribution in [2.75, 3.05) is 13.6 Å². The van der Waals surface area contributed by atoms with Gasteiger partial charge >= 0.3 is 0 Å². The van der Waals surface area contributed by atoms with Gasteiger partial charge in [0.05, 0.1) is 0 Å². The Bertz CT molecular complexity index is 66.8. The summed E-state index contributed by atoms with van der Waals surface area (Å²) in [5, 5.41) is 3.19. The van der Waals surface area contributed by atoms with Crippen LogP contribution in [0.25, 0.3) is 0 Å². The molecule has 0 aliphatic heterocycles.